The Hall–Kier alpha value is -2.45. The summed E-state index contributed by atoms with van der Waals surface area (Å²) < 4.78 is 30.7. The monoisotopic (exact) mass is 390 g/mol. The Morgan fingerprint density at radius 3 is 2.46 bits per heavy atom. The van der Waals surface area contributed by atoms with Crippen molar-refractivity contribution < 1.29 is 17.9 Å². The van der Waals surface area contributed by atoms with E-state index in [-0.39, 0.29) is 4.90 Å². The maximum atomic E-state index is 12.4. The van der Waals surface area contributed by atoms with E-state index in [1.54, 1.807) is 12.1 Å². The van der Waals surface area contributed by atoms with Gasteiger partial charge in [0.05, 0.1) is 22.2 Å². The number of hydrogen-bond donors (Lipinski definition) is 1. The van der Waals surface area contributed by atoms with Gasteiger partial charge in [0, 0.05) is 0 Å². The van der Waals surface area contributed by atoms with Gasteiger partial charge in [0.15, 0.2) is 15.0 Å². The maximum absolute atomic E-state index is 12.4. The van der Waals surface area contributed by atoms with Crippen LogP contribution in [0.1, 0.15) is 11.1 Å². The molecule has 0 saturated heterocycles. The van der Waals surface area contributed by atoms with Gasteiger partial charge in [0.1, 0.15) is 11.5 Å². The van der Waals surface area contributed by atoms with Crippen molar-refractivity contribution in [2.75, 3.05) is 18.2 Å². The molecule has 0 atom stereocenters. The fraction of sp³-hybridized carbons (Fsp3) is 0.222. The van der Waals surface area contributed by atoms with Crippen LogP contribution in [0.15, 0.2) is 41.3 Å². The van der Waals surface area contributed by atoms with Crippen molar-refractivity contribution in [3.8, 4) is 5.75 Å². The van der Waals surface area contributed by atoms with E-state index < -0.39 is 21.5 Å². The molecule has 2 aromatic carbocycles. The maximum Gasteiger partial charge on any atom is 0.241 e. The standard InChI is InChI=1S/C18H18N2O4S2/c1-11-8-15-16(9-12(11)2)25-18(19-15)20-17(21)10-26(22,23)14-6-4-13(24-3)5-7-14/h4-9H,10H2,1-3H3,(H,19,20,21). The number of nitrogens with one attached hydrogen (secondary N) is 1. The second-order valence-corrected chi connectivity index (χ2v) is 8.93. The number of fused-ring (bicyclic) bond motifs is 1. The van der Waals surface area contributed by atoms with Crippen LogP contribution in [-0.4, -0.2) is 32.2 Å². The van der Waals surface area contributed by atoms with E-state index in [0.717, 1.165) is 21.3 Å². The molecule has 0 aliphatic rings. The van der Waals surface area contributed by atoms with Crippen molar-refractivity contribution in [1.29, 1.82) is 0 Å². The van der Waals surface area contributed by atoms with E-state index >= 15 is 0 Å². The fourth-order valence-corrected chi connectivity index (χ4v) is 4.52. The number of sulfone groups is 1. The number of amides is 1. The Bertz CT molecular complexity index is 1030. The number of aromatic nitrogens is 1. The first-order valence-electron chi connectivity index (χ1n) is 7.83. The number of nitrogens with zero attached hydrogens (tertiary/aromatic N) is 1. The van der Waals surface area contributed by atoms with Gasteiger partial charge in [-0.15, -0.1) is 0 Å². The molecule has 1 amide bonds. The highest BCUT2D eigenvalue weighted by atomic mass is 32.2. The van der Waals surface area contributed by atoms with Crippen molar-refractivity contribution in [2.24, 2.45) is 0 Å². The summed E-state index contributed by atoms with van der Waals surface area (Å²) in [7, 11) is -2.24. The molecule has 1 N–H and O–H groups in total. The van der Waals surface area contributed by atoms with Gasteiger partial charge in [-0.05, 0) is 61.4 Å². The molecule has 6 nitrogen and oxygen atoms in total. The zero-order valence-electron chi connectivity index (χ0n) is 14.6. The number of carbonyl (C=O) groups is 1. The van der Waals surface area contributed by atoms with Gasteiger partial charge < -0.3 is 10.1 Å². The van der Waals surface area contributed by atoms with Gasteiger partial charge >= 0.3 is 0 Å². The third kappa shape index (κ3) is 3.86. The molecule has 1 heterocycles. The zero-order chi connectivity index (χ0) is 18.9. The molecule has 26 heavy (non-hydrogen) atoms. The third-order valence-electron chi connectivity index (χ3n) is 3.99. The summed E-state index contributed by atoms with van der Waals surface area (Å²) in [5, 5.41) is 2.97. The lowest BCUT2D eigenvalue weighted by atomic mass is 10.1. The minimum atomic E-state index is -3.74. The average Bonchev–Trinajstić information content (AvgIpc) is 2.95. The van der Waals surface area contributed by atoms with Crippen molar-refractivity contribution >= 4 is 42.4 Å². The summed E-state index contributed by atoms with van der Waals surface area (Å²) in [6.45, 7) is 4.00. The second-order valence-electron chi connectivity index (χ2n) is 5.91. The quantitative estimate of drug-likeness (QED) is 0.722. The molecule has 0 spiro atoms. The minimum Gasteiger partial charge on any atom is -0.497 e. The van der Waals surface area contributed by atoms with Crippen LogP contribution in [0.25, 0.3) is 10.2 Å². The molecule has 0 aliphatic carbocycles. The Morgan fingerprint density at radius 1 is 1.15 bits per heavy atom. The fourth-order valence-electron chi connectivity index (χ4n) is 2.43. The van der Waals surface area contributed by atoms with Crippen LogP contribution in [0.2, 0.25) is 0 Å². The predicted molar refractivity (Wildman–Crippen MR) is 103 cm³/mol. The predicted octanol–water partition coefficient (Wildman–Crippen LogP) is 3.33. The van der Waals surface area contributed by atoms with Crippen LogP contribution >= 0.6 is 11.3 Å². The van der Waals surface area contributed by atoms with Crippen LogP contribution in [0.3, 0.4) is 0 Å². The van der Waals surface area contributed by atoms with Gasteiger partial charge in [-0.25, -0.2) is 13.4 Å². The number of ether oxygens (including phenoxy) is 1. The number of carbonyl (C=O) groups excluding carboxylic acids is 1. The summed E-state index contributed by atoms with van der Waals surface area (Å²) in [5.41, 5.74) is 3.04. The van der Waals surface area contributed by atoms with Crippen molar-refractivity contribution in [1.82, 2.24) is 4.98 Å². The molecule has 136 valence electrons. The zero-order valence-corrected chi connectivity index (χ0v) is 16.2. The normalized spacial score (nSPS) is 11.5. The lowest BCUT2D eigenvalue weighted by Gasteiger charge is -2.05. The first-order valence-corrected chi connectivity index (χ1v) is 10.3. The Kier molecular flexibility index (Phi) is 4.97. The van der Waals surface area contributed by atoms with Gasteiger partial charge in [0.25, 0.3) is 0 Å². The lowest BCUT2D eigenvalue weighted by Crippen LogP contribution is -2.22. The molecule has 0 unspecified atom stereocenters. The molecule has 3 rings (SSSR count). The highest BCUT2D eigenvalue weighted by Crippen LogP contribution is 2.28. The van der Waals surface area contributed by atoms with E-state index in [4.69, 9.17) is 4.74 Å². The molecule has 0 bridgehead atoms. The largest absolute Gasteiger partial charge is 0.497 e. The topological polar surface area (TPSA) is 85.4 Å². The summed E-state index contributed by atoms with van der Waals surface area (Å²) in [6.07, 6.45) is 0. The van der Waals surface area contributed by atoms with Gasteiger partial charge in [-0.1, -0.05) is 11.3 Å². The van der Waals surface area contributed by atoms with Gasteiger partial charge in [0.2, 0.25) is 5.91 Å². The summed E-state index contributed by atoms with van der Waals surface area (Å²) in [6, 6.07) is 9.89. The number of hydrogen-bond acceptors (Lipinski definition) is 6. The van der Waals surface area contributed by atoms with Crippen LogP contribution in [0.5, 0.6) is 5.75 Å². The highest BCUT2D eigenvalue weighted by Gasteiger charge is 2.20. The van der Waals surface area contributed by atoms with E-state index in [2.05, 4.69) is 10.3 Å². The Labute approximate surface area is 155 Å². The number of rotatable bonds is 5. The van der Waals surface area contributed by atoms with E-state index in [1.807, 2.05) is 26.0 Å². The van der Waals surface area contributed by atoms with Gasteiger partial charge in [-0.2, -0.15) is 0 Å². The number of thiazole rings is 1. The smallest absolute Gasteiger partial charge is 0.241 e. The second kappa shape index (κ2) is 7.05. The SMILES string of the molecule is COc1ccc(S(=O)(=O)CC(=O)Nc2nc3cc(C)c(C)cc3s2)cc1. The molecule has 3 aromatic rings. The molecule has 8 heteroatoms. The lowest BCUT2D eigenvalue weighted by molar-refractivity contribution is -0.113. The number of aryl methyl sites for hydroxylation is 2. The Morgan fingerprint density at radius 2 is 1.81 bits per heavy atom. The summed E-state index contributed by atoms with van der Waals surface area (Å²) in [4.78, 5) is 16.6. The summed E-state index contributed by atoms with van der Waals surface area (Å²) >= 11 is 1.32. The number of benzene rings is 2. The van der Waals surface area contributed by atoms with Crippen LogP contribution < -0.4 is 10.1 Å². The first kappa shape index (κ1) is 18.3. The number of anilines is 1. The molecule has 1 aromatic heterocycles. The van der Waals surface area contributed by atoms with Crippen LogP contribution in [0.4, 0.5) is 5.13 Å². The minimum absolute atomic E-state index is 0.0731. The molecular weight excluding hydrogens is 372 g/mol. The van der Waals surface area contributed by atoms with Crippen LogP contribution in [-0.2, 0) is 14.6 Å². The third-order valence-corrected chi connectivity index (χ3v) is 6.56. The van der Waals surface area contributed by atoms with E-state index in [1.165, 1.54) is 30.6 Å². The first-order chi connectivity index (χ1) is 12.3. The van der Waals surface area contributed by atoms with Gasteiger partial charge in [-0.3, -0.25) is 4.79 Å². The molecular formula is C18H18N2O4S2. The average molecular weight is 390 g/mol. The highest BCUT2D eigenvalue weighted by molar-refractivity contribution is 7.92. The molecule has 0 radical (unpaired) electrons. The van der Waals surface area contributed by atoms with E-state index in [0.29, 0.717) is 10.9 Å². The molecule has 0 saturated carbocycles. The van der Waals surface area contributed by atoms with Crippen molar-refractivity contribution in [3.63, 3.8) is 0 Å². The van der Waals surface area contributed by atoms with Crippen molar-refractivity contribution in [2.45, 2.75) is 18.7 Å². The van der Waals surface area contributed by atoms with Crippen molar-refractivity contribution in [3.05, 3.63) is 47.5 Å². The Balaban J connectivity index is 1.75. The summed E-state index contributed by atoms with van der Waals surface area (Å²) in [5.74, 6) is -0.713. The number of methoxy groups -OCH3 is 1. The van der Waals surface area contributed by atoms with E-state index in [9.17, 15) is 13.2 Å². The molecule has 0 fully saturated rings. The molecule has 0 aliphatic heterocycles. The van der Waals surface area contributed by atoms with Crippen LogP contribution in [0, 0.1) is 13.8 Å².